The minimum atomic E-state index is -0.418. The number of hydrogen-bond acceptors (Lipinski definition) is 7. The average Bonchev–Trinajstić information content (AvgIpc) is 3.31. The van der Waals surface area contributed by atoms with Gasteiger partial charge in [-0.2, -0.15) is 0 Å². The number of rotatable bonds is 7. The molecule has 4 heterocycles. The van der Waals surface area contributed by atoms with Crippen LogP contribution in [-0.4, -0.2) is 68.9 Å². The molecule has 4 rings (SSSR count). The van der Waals surface area contributed by atoms with Crippen LogP contribution in [0.4, 0.5) is 4.79 Å². The Morgan fingerprint density at radius 3 is 2.50 bits per heavy atom. The first-order chi connectivity index (χ1) is 16.3. The fourth-order valence-corrected chi connectivity index (χ4v) is 4.27. The molecule has 2 saturated heterocycles. The molecule has 182 valence electrons. The van der Waals surface area contributed by atoms with Gasteiger partial charge in [-0.3, -0.25) is 14.5 Å². The van der Waals surface area contributed by atoms with Gasteiger partial charge < -0.3 is 14.5 Å². The van der Waals surface area contributed by atoms with Crippen LogP contribution in [0.3, 0.4) is 0 Å². The monoisotopic (exact) mass is 469 g/mol. The molecule has 0 spiro atoms. The van der Waals surface area contributed by atoms with Crippen LogP contribution >= 0.6 is 0 Å². The molecule has 0 unspecified atom stereocenters. The molecule has 2 aliphatic heterocycles. The molecule has 0 aliphatic carbocycles. The number of carbonyl (C=O) groups excluding carboxylic acids is 3. The van der Waals surface area contributed by atoms with Crippen molar-refractivity contribution in [2.45, 2.75) is 46.0 Å². The Hall–Kier alpha value is -3.43. The van der Waals surface area contributed by atoms with Gasteiger partial charge in [0.25, 0.3) is 0 Å². The molecule has 2 aromatic heterocycles. The first kappa shape index (κ1) is 23.7. The van der Waals surface area contributed by atoms with Gasteiger partial charge in [-0.15, -0.1) is 9.94 Å². The van der Waals surface area contributed by atoms with E-state index in [1.807, 2.05) is 13.8 Å². The number of aromatic nitrogens is 3. The number of hydrogen-bond donors (Lipinski definition) is 0. The molecular weight excluding hydrogens is 438 g/mol. The summed E-state index contributed by atoms with van der Waals surface area (Å²) >= 11 is 0. The summed E-state index contributed by atoms with van der Waals surface area (Å²) in [7, 11) is 0. The van der Waals surface area contributed by atoms with E-state index in [1.165, 1.54) is 9.75 Å². The van der Waals surface area contributed by atoms with E-state index in [2.05, 4.69) is 10.1 Å². The van der Waals surface area contributed by atoms with Gasteiger partial charge in [-0.1, -0.05) is 19.9 Å². The van der Waals surface area contributed by atoms with Crippen LogP contribution in [0.15, 0.2) is 36.8 Å². The van der Waals surface area contributed by atoms with Gasteiger partial charge in [0.15, 0.2) is 0 Å². The largest absolute Gasteiger partial charge is 0.416 e. The number of piperidine rings is 2. The summed E-state index contributed by atoms with van der Waals surface area (Å²) in [6.07, 6.45) is 7.52. The summed E-state index contributed by atoms with van der Waals surface area (Å²) in [6.45, 7) is 5.94. The normalized spacial score (nSPS) is 18.8. The number of likely N-dealkylation sites (tertiary alicyclic amines) is 2. The van der Waals surface area contributed by atoms with Gasteiger partial charge in [-0.05, 0) is 42.2 Å². The third-order valence-electron chi connectivity index (χ3n) is 6.27. The van der Waals surface area contributed by atoms with E-state index in [4.69, 9.17) is 9.57 Å². The highest BCUT2D eigenvalue weighted by Gasteiger charge is 2.37. The van der Waals surface area contributed by atoms with E-state index < -0.39 is 6.09 Å². The van der Waals surface area contributed by atoms with Crippen molar-refractivity contribution in [3.8, 4) is 5.88 Å². The lowest BCUT2D eigenvalue weighted by molar-refractivity contribution is -0.152. The fraction of sp³-hybridized carbons (Fsp3) is 0.542. The molecular formula is C24H31N5O5. The Bertz CT molecular complexity index is 977. The van der Waals surface area contributed by atoms with Crippen LogP contribution in [0.2, 0.25) is 0 Å². The molecule has 2 fully saturated rings. The topological polar surface area (TPSA) is 107 Å². The van der Waals surface area contributed by atoms with E-state index in [0.717, 1.165) is 18.4 Å². The molecule has 10 heteroatoms. The van der Waals surface area contributed by atoms with Gasteiger partial charge in [-0.25, -0.2) is 9.78 Å². The van der Waals surface area contributed by atoms with Gasteiger partial charge in [0.05, 0.1) is 12.4 Å². The third kappa shape index (κ3) is 6.12. The Labute approximate surface area is 198 Å². The summed E-state index contributed by atoms with van der Waals surface area (Å²) in [6, 6.07) is 5.24. The van der Waals surface area contributed by atoms with Crippen LogP contribution in [0.5, 0.6) is 5.88 Å². The quantitative estimate of drug-likeness (QED) is 0.573. The zero-order valence-electron chi connectivity index (χ0n) is 19.7. The molecule has 0 N–H and O–H groups in total. The average molecular weight is 470 g/mol. The highest BCUT2D eigenvalue weighted by atomic mass is 16.7. The molecule has 3 amide bonds. The van der Waals surface area contributed by atoms with Crippen LogP contribution in [-0.2, 0) is 16.0 Å². The van der Waals surface area contributed by atoms with E-state index >= 15 is 0 Å². The predicted molar refractivity (Wildman–Crippen MR) is 122 cm³/mol. The number of ether oxygens (including phenoxy) is 1. The lowest BCUT2D eigenvalue weighted by Gasteiger charge is -2.34. The first-order valence-corrected chi connectivity index (χ1v) is 11.7. The van der Waals surface area contributed by atoms with Crippen LogP contribution < -0.4 is 9.57 Å². The van der Waals surface area contributed by atoms with Crippen LogP contribution in [0.25, 0.3) is 0 Å². The zero-order valence-corrected chi connectivity index (χ0v) is 19.7. The molecule has 0 atom stereocenters. The number of nitrogens with zero attached hydrogens (tertiary/aromatic N) is 5. The number of carbonyl (C=O) groups is 3. The number of amides is 3. The fourth-order valence-electron chi connectivity index (χ4n) is 4.27. The van der Waals surface area contributed by atoms with Crippen LogP contribution in [0.1, 0.15) is 45.1 Å². The van der Waals surface area contributed by atoms with Crippen molar-refractivity contribution in [1.82, 2.24) is 24.7 Å². The van der Waals surface area contributed by atoms with Crippen molar-refractivity contribution in [3.05, 3.63) is 42.4 Å². The molecule has 10 nitrogen and oxygen atoms in total. The number of imide groups is 1. The summed E-state index contributed by atoms with van der Waals surface area (Å²) < 4.78 is 5.43. The summed E-state index contributed by atoms with van der Waals surface area (Å²) in [4.78, 5) is 51.4. The van der Waals surface area contributed by atoms with E-state index in [9.17, 15) is 14.4 Å². The Morgan fingerprint density at radius 1 is 1.15 bits per heavy atom. The van der Waals surface area contributed by atoms with Gasteiger partial charge >= 0.3 is 6.09 Å². The summed E-state index contributed by atoms with van der Waals surface area (Å²) in [5.41, 5.74) is 0.587. The minimum absolute atomic E-state index is 0.128. The number of pyridine rings is 1. The van der Waals surface area contributed by atoms with Crippen molar-refractivity contribution >= 4 is 17.9 Å². The molecule has 2 aromatic rings. The standard InChI is InChI=1S/C24H31N5O5/c1-24(2)14-21(30)28(22(31)15-24)13-8-18-4-5-20(25-16-18)34-23(32)27-11-6-19(7-12-27)17-33-29-10-3-9-26-29/h3-5,9-10,16,19H,6-8,11-15,17H2,1-2H3. The van der Waals surface area contributed by atoms with Crippen molar-refractivity contribution in [3.63, 3.8) is 0 Å². The van der Waals surface area contributed by atoms with Gasteiger partial charge in [0, 0.05) is 44.7 Å². The van der Waals surface area contributed by atoms with Crippen molar-refractivity contribution < 1.29 is 24.0 Å². The Kier molecular flexibility index (Phi) is 7.14. The first-order valence-electron chi connectivity index (χ1n) is 11.7. The second-order valence-corrected chi connectivity index (χ2v) is 9.71. The highest BCUT2D eigenvalue weighted by molar-refractivity contribution is 5.98. The minimum Gasteiger partial charge on any atom is -0.396 e. The maximum atomic E-state index is 12.5. The summed E-state index contributed by atoms with van der Waals surface area (Å²) in [5.74, 6) is 0.327. The lowest BCUT2D eigenvalue weighted by atomic mass is 9.81. The lowest BCUT2D eigenvalue weighted by Crippen LogP contribution is -2.46. The molecule has 0 saturated carbocycles. The van der Waals surface area contributed by atoms with E-state index in [-0.39, 0.29) is 23.1 Å². The summed E-state index contributed by atoms with van der Waals surface area (Å²) in [5, 5.41) is 4.01. The maximum Gasteiger partial charge on any atom is 0.416 e. The Balaban J connectivity index is 1.20. The second-order valence-electron chi connectivity index (χ2n) is 9.71. The van der Waals surface area contributed by atoms with Gasteiger partial charge in [0.2, 0.25) is 17.7 Å². The van der Waals surface area contributed by atoms with Crippen molar-refractivity contribution in [1.29, 1.82) is 0 Å². The predicted octanol–water partition coefficient (Wildman–Crippen LogP) is 2.34. The molecule has 0 aromatic carbocycles. The van der Waals surface area contributed by atoms with Gasteiger partial charge in [0.1, 0.15) is 6.61 Å². The van der Waals surface area contributed by atoms with Crippen molar-refractivity contribution in [2.75, 3.05) is 26.2 Å². The molecule has 2 aliphatic rings. The Morgan fingerprint density at radius 2 is 1.88 bits per heavy atom. The molecule has 34 heavy (non-hydrogen) atoms. The maximum absolute atomic E-state index is 12.5. The van der Waals surface area contributed by atoms with E-state index in [1.54, 1.807) is 41.7 Å². The third-order valence-corrected chi connectivity index (χ3v) is 6.27. The van der Waals surface area contributed by atoms with E-state index in [0.29, 0.717) is 51.4 Å². The molecule has 0 bridgehead atoms. The SMILES string of the molecule is CC1(C)CC(=O)N(CCc2ccc(OC(=O)N3CCC(COn4cccn4)CC3)nc2)C(=O)C1. The molecule has 0 radical (unpaired) electrons. The second kappa shape index (κ2) is 10.2. The highest BCUT2D eigenvalue weighted by Crippen LogP contribution is 2.31. The van der Waals surface area contributed by atoms with Crippen LogP contribution in [0, 0.1) is 11.3 Å². The zero-order chi connectivity index (χ0) is 24.1. The smallest absolute Gasteiger partial charge is 0.396 e. The van der Waals surface area contributed by atoms with Crippen molar-refractivity contribution in [2.24, 2.45) is 11.3 Å².